The number of fused-ring (bicyclic) bond motifs is 2. The van der Waals surface area contributed by atoms with E-state index in [0.29, 0.717) is 5.92 Å². The third-order valence-corrected chi connectivity index (χ3v) is 5.18. The summed E-state index contributed by atoms with van der Waals surface area (Å²) in [6, 6.07) is 17.3. The summed E-state index contributed by atoms with van der Waals surface area (Å²) in [4.78, 5) is 12.4. The Morgan fingerprint density at radius 1 is 0.913 bits per heavy atom. The average Bonchev–Trinajstić information content (AvgIpc) is 3.21. The van der Waals surface area contributed by atoms with Crippen LogP contribution in [0.5, 0.6) is 11.5 Å². The van der Waals surface area contributed by atoms with Crippen molar-refractivity contribution in [3.05, 3.63) is 54.6 Å². The summed E-state index contributed by atoms with van der Waals surface area (Å²) < 4.78 is 5.77. The van der Waals surface area contributed by atoms with Gasteiger partial charge in [-0.05, 0) is 67.5 Å². The standard InChI is InChI=1S/C20H21NO2/c22-20(19-13-14-6-7-15(19)12-14)21-16-8-10-18(11-9-16)23-17-4-2-1-3-5-17/h1-5,8-11,14-15,19H,6-7,12-13H2,(H,21,22)/t14-,15+,19-/m0/s1. The first kappa shape index (κ1) is 14.3. The second-order valence-corrected chi connectivity index (χ2v) is 6.71. The fourth-order valence-electron chi connectivity index (χ4n) is 4.03. The Hall–Kier alpha value is -2.29. The van der Waals surface area contributed by atoms with Gasteiger partial charge in [-0.2, -0.15) is 0 Å². The molecule has 0 aromatic heterocycles. The lowest BCUT2D eigenvalue weighted by molar-refractivity contribution is -0.121. The van der Waals surface area contributed by atoms with E-state index in [4.69, 9.17) is 4.74 Å². The van der Waals surface area contributed by atoms with Gasteiger partial charge in [-0.25, -0.2) is 0 Å². The number of hydrogen-bond acceptors (Lipinski definition) is 2. The predicted molar refractivity (Wildman–Crippen MR) is 90.5 cm³/mol. The number of rotatable bonds is 4. The molecule has 2 aromatic rings. The van der Waals surface area contributed by atoms with Crippen LogP contribution in [0.25, 0.3) is 0 Å². The van der Waals surface area contributed by atoms with Gasteiger partial charge in [0.2, 0.25) is 5.91 Å². The van der Waals surface area contributed by atoms with Gasteiger partial charge in [0.25, 0.3) is 0 Å². The smallest absolute Gasteiger partial charge is 0.227 e. The van der Waals surface area contributed by atoms with Crippen LogP contribution >= 0.6 is 0 Å². The van der Waals surface area contributed by atoms with E-state index < -0.39 is 0 Å². The fourth-order valence-corrected chi connectivity index (χ4v) is 4.03. The number of para-hydroxylation sites is 1. The molecule has 3 heteroatoms. The molecule has 1 amide bonds. The maximum absolute atomic E-state index is 12.4. The lowest BCUT2D eigenvalue weighted by Crippen LogP contribution is -2.27. The van der Waals surface area contributed by atoms with Crippen LogP contribution in [0, 0.1) is 17.8 Å². The third kappa shape index (κ3) is 3.09. The molecule has 2 saturated carbocycles. The molecule has 2 aromatic carbocycles. The quantitative estimate of drug-likeness (QED) is 0.876. The first-order chi connectivity index (χ1) is 11.3. The number of hydrogen-bond donors (Lipinski definition) is 1. The van der Waals surface area contributed by atoms with E-state index in [2.05, 4.69) is 5.32 Å². The third-order valence-electron chi connectivity index (χ3n) is 5.18. The highest BCUT2D eigenvalue weighted by atomic mass is 16.5. The Morgan fingerprint density at radius 3 is 2.30 bits per heavy atom. The van der Waals surface area contributed by atoms with Crippen molar-refractivity contribution in [2.75, 3.05) is 5.32 Å². The summed E-state index contributed by atoms with van der Waals surface area (Å²) in [5.74, 6) is 3.39. The van der Waals surface area contributed by atoms with E-state index in [-0.39, 0.29) is 11.8 Å². The molecule has 2 bridgehead atoms. The highest BCUT2D eigenvalue weighted by Crippen LogP contribution is 2.48. The molecule has 2 aliphatic rings. The maximum Gasteiger partial charge on any atom is 0.227 e. The van der Waals surface area contributed by atoms with Gasteiger partial charge in [-0.1, -0.05) is 24.6 Å². The molecule has 0 spiro atoms. The molecule has 0 unspecified atom stereocenters. The van der Waals surface area contributed by atoms with Crippen molar-refractivity contribution in [2.24, 2.45) is 17.8 Å². The lowest BCUT2D eigenvalue weighted by atomic mass is 9.88. The maximum atomic E-state index is 12.4. The number of nitrogens with one attached hydrogen (secondary N) is 1. The van der Waals surface area contributed by atoms with Crippen molar-refractivity contribution in [1.82, 2.24) is 0 Å². The van der Waals surface area contributed by atoms with Gasteiger partial charge in [0.05, 0.1) is 0 Å². The Labute approximate surface area is 136 Å². The first-order valence-corrected chi connectivity index (χ1v) is 8.42. The van der Waals surface area contributed by atoms with Crippen LogP contribution in [0.3, 0.4) is 0 Å². The minimum absolute atomic E-state index is 0.189. The molecule has 0 radical (unpaired) electrons. The van der Waals surface area contributed by atoms with Crippen LogP contribution in [-0.4, -0.2) is 5.91 Å². The summed E-state index contributed by atoms with van der Waals surface area (Å²) in [7, 11) is 0. The van der Waals surface area contributed by atoms with Crippen LogP contribution in [0.15, 0.2) is 54.6 Å². The molecule has 0 saturated heterocycles. The largest absolute Gasteiger partial charge is 0.457 e. The summed E-state index contributed by atoms with van der Waals surface area (Å²) in [5, 5.41) is 3.07. The van der Waals surface area contributed by atoms with E-state index >= 15 is 0 Å². The van der Waals surface area contributed by atoms with Crippen molar-refractivity contribution in [1.29, 1.82) is 0 Å². The van der Waals surface area contributed by atoms with Crippen LogP contribution in [0.4, 0.5) is 5.69 Å². The van der Waals surface area contributed by atoms with Crippen LogP contribution < -0.4 is 10.1 Å². The molecular weight excluding hydrogens is 286 g/mol. The van der Waals surface area contributed by atoms with Crippen LogP contribution in [0.2, 0.25) is 0 Å². The second-order valence-electron chi connectivity index (χ2n) is 6.71. The second kappa shape index (κ2) is 6.07. The topological polar surface area (TPSA) is 38.3 Å². The molecule has 0 heterocycles. The molecule has 1 N–H and O–H groups in total. The van der Waals surface area contributed by atoms with Gasteiger partial charge in [0.1, 0.15) is 11.5 Å². The minimum atomic E-state index is 0.189. The first-order valence-electron chi connectivity index (χ1n) is 8.42. The van der Waals surface area contributed by atoms with Crippen molar-refractivity contribution in [2.45, 2.75) is 25.7 Å². The summed E-state index contributed by atoms with van der Waals surface area (Å²) >= 11 is 0. The van der Waals surface area contributed by atoms with Crippen molar-refractivity contribution >= 4 is 11.6 Å². The normalized spacial score (nSPS) is 25.3. The summed E-state index contributed by atoms with van der Waals surface area (Å²) in [5.41, 5.74) is 0.846. The molecule has 3 atom stereocenters. The summed E-state index contributed by atoms with van der Waals surface area (Å²) in [6.07, 6.45) is 4.88. The van der Waals surface area contributed by atoms with Crippen molar-refractivity contribution in [3.8, 4) is 11.5 Å². The number of amides is 1. The Balaban J connectivity index is 1.37. The highest BCUT2D eigenvalue weighted by Gasteiger charge is 2.42. The minimum Gasteiger partial charge on any atom is -0.457 e. The highest BCUT2D eigenvalue weighted by molar-refractivity contribution is 5.93. The molecule has 2 aliphatic carbocycles. The van der Waals surface area contributed by atoms with E-state index in [9.17, 15) is 4.79 Å². The Kier molecular flexibility index (Phi) is 3.78. The van der Waals surface area contributed by atoms with Gasteiger partial charge in [0.15, 0.2) is 0 Å². The average molecular weight is 307 g/mol. The van der Waals surface area contributed by atoms with Gasteiger partial charge >= 0.3 is 0 Å². The number of benzene rings is 2. The number of carbonyl (C=O) groups excluding carboxylic acids is 1. The zero-order valence-electron chi connectivity index (χ0n) is 13.1. The van der Waals surface area contributed by atoms with Gasteiger partial charge in [0, 0.05) is 11.6 Å². The molecule has 118 valence electrons. The van der Waals surface area contributed by atoms with E-state index in [1.807, 2.05) is 54.6 Å². The zero-order valence-corrected chi connectivity index (χ0v) is 13.1. The van der Waals surface area contributed by atoms with Crippen molar-refractivity contribution < 1.29 is 9.53 Å². The fraction of sp³-hybridized carbons (Fsp3) is 0.350. The van der Waals surface area contributed by atoms with Crippen LogP contribution in [-0.2, 0) is 4.79 Å². The Morgan fingerprint density at radius 2 is 1.65 bits per heavy atom. The van der Waals surface area contributed by atoms with E-state index in [0.717, 1.165) is 29.5 Å². The van der Waals surface area contributed by atoms with Gasteiger partial charge in [-0.15, -0.1) is 0 Å². The Bertz CT molecular complexity index is 681. The number of carbonyl (C=O) groups is 1. The molecule has 2 fully saturated rings. The number of anilines is 1. The molecular formula is C20H21NO2. The SMILES string of the molecule is O=C(Nc1ccc(Oc2ccccc2)cc1)[C@H]1C[C@H]2CC[C@@H]1C2. The monoisotopic (exact) mass is 307 g/mol. The summed E-state index contributed by atoms with van der Waals surface area (Å²) in [6.45, 7) is 0. The van der Waals surface area contributed by atoms with E-state index in [1.165, 1.54) is 19.3 Å². The van der Waals surface area contributed by atoms with Gasteiger partial charge < -0.3 is 10.1 Å². The van der Waals surface area contributed by atoms with Crippen LogP contribution in [0.1, 0.15) is 25.7 Å². The number of ether oxygens (including phenoxy) is 1. The zero-order chi connectivity index (χ0) is 15.6. The molecule has 4 rings (SSSR count). The predicted octanol–water partition coefficient (Wildman–Crippen LogP) is 4.85. The molecule has 3 nitrogen and oxygen atoms in total. The lowest BCUT2D eigenvalue weighted by Gasteiger charge is -2.20. The molecule has 0 aliphatic heterocycles. The van der Waals surface area contributed by atoms with E-state index in [1.54, 1.807) is 0 Å². The van der Waals surface area contributed by atoms with Crippen molar-refractivity contribution in [3.63, 3.8) is 0 Å². The van der Waals surface area contributed by atoms with Gasteiger partial charge in [-0.3, -0.25) is 4.79 Å². The molecule has 23 heavy (non-hydrogen) atoms.